The molecule has 102 valence electrons. The Morgan fingerprint density at radius 1 is 1.22 bits per heavy atom. The van der Waals surface area contributed by atoms with Crippen molar-refractivity contribution in [3.05, 3.63) is 28.8 Å². The quantitative estimate of drug-likeness (QED) is 0.822. The van der Waals surface area contributed by atoms with Crippen LogP contribution in [0.15, 0.2) is 12.1 Å². The summed E-state index contributed by atoms with van der Waals surface area (Å²) in [6.07, 6.45) is 1.16. The van der Waals surface area contributed by atoms with E-state index in [1.165, 1.54) is 16.7 Å². The molecule has 0 aliphatic carbocycles. The third kappa shape index (κ3) is 3.05. The van der Waals surface area contributed by atoms with Gasteiger partial charge in [-0.3, -0.25) is 0 Å². The molecule has 0 spiro atoms. The zero-order chi connectivity index (χ0) is 13.7. The minimum Gasteiger partial charge on any atom is -0.496 e. The SMILES string of the molecule is CCNC(c1ccc(C)c(C)c1OC)C(C)CC. The van der Waals surface area contributed by atoms with Crippen LogP contribution in [0.5, 0.6) is 5.75 Å². The van der Waals surface area contributed by atoms with E-state index in [2.05, 4.69) is 52.1 Å². The monoisotopic (exact) mass is 249 g/mol. The summed E-state index contributed by atoms with van der Waals surface area (Å²) in [6, 6.07) is 4.77. The van der Waals surface area contributed by atoms with Gasteiger partial charge in [-0.05, 0) is 37.4 Å². The molecule has 0 fully saturated rings. The molecule has 2 heteroatoms. The first-order chi connectivity index (χ1) is 8.56. The highest BCUT2D eigenvalue weighted by atomic mass is 16.5. The van der Waals surface area contributed by atoms with Gasteiger partial charge in [-0.2, -0.15) is 0 Å². The standard InChI is InChI=1S/C16H27NO/c1-7-11(3)15(17-8-2)14-10-9-12(4)13(5)16(14)18-6/h9-11,15,17H,7-8H2,1-6H3. The molecule has 0 aliphatic heterocycles. The number of nitrogens with one attached hydrogen (secondary N) is 1. The average Bonchev–Trinajstić information content (AvgIpc) is 2.38. The number of benzene rings is 1. The van der Waals surface area contributed by atoms with Gasteiger partial charge in [-0.15, -0.1) is 0 Å². The molecule has 0 radical (unpaired) electrons. The van der Waals surface area contributed by atoms with Crippen LogP contribution in [0, 0.1) is 19.8 Å². The van der Waals surface area contributed by atoms with E-state index in [-0.39, 0.29) is 0 Å². The van der Waals surface area contributed by atoms with Crippen molar-refractivity contribution in [1.29, 1.82) is 0 Å². The summed E-state index contributed by atoms with van der Waals surface area (Å²) in [5, 5.41) is 3.59. The summed E-state index contributed by atoms with van der Waals surface area (Å²) in [5.41, 5.74) is 3.83. The molecule has 1 aromatic carbocycles. The second-order valence-corrected chi connectivity index (χ2v) is 5.05. The van der Waals surface area contributed by atoms with E-state index in [0.717, 1.165) is 18.7 Å². The van der Waals surface area contributed by atoms with Crippen molar-refractivity contribution in [1.82, 2.24) is 5.32 Å². The van der Waals surface area contributed by atoms with E-state index in [4.69, 9.17) is 4.74 Å². The summed E-state index contributed by atoms with van der Waals surface area (Å²) >= 11 is 0. The Bertz CT molecular complexity index is 387. The van der Waals surface area contributed by atoms with Crippen molar-refractivity contribution in [2.24, 2.45) is 5.92 Å². The fourth-order valence-corrected chi connectivity index (χ4v) is 2.40. The van der Waals surface area contributed by atoms with Crippen LogP contribution < -0.4 is 10.1 Å². The Hall–Kier alpha value is -1.02. The minimum absolute atomic E-state index is 0.370. The number of methoxy groups -OCH3 is 1. The van der Waals surface area contributed by atoms with Crippen molar-refractivity contribution in [3.8, 4) is 5.75 Å². The first-order valence-corrected chi connectivity index (χ1v) is 6.94. The molecule has 0 saturated heterocycles. The van der Waals surface area contributed by atoms with Crippen LogP contribution in [0.1, 0.15) is 49.9 Å². The first-order valence-electron chi connectivity index (χ1n) is 6.94. The Morgan fingerprint density at radius 3 is 2.39 bits per heavy atom. The third-order valence-corrected chi connectivity index (χ3v) is 3.88. The fourth-order valence-electron chi connectivity index (χ4n) is 2.40. The second-order valence-electron chi connectivity index (χ2n) is 5.05. The molecule has 1 N–H and O–H groups in total. The van der Waals surface area contributed by atoms with Gasteiger partial charge < -0.3 is 10.1 Å². The van der Waals surface area contributed by atoms with E-state index in [9.17, 15) is 0 Å². The largest absolute Gasteiger partial charge is 0.496 e. The van der Waals surface area contributed by atoms with Gasteiger partial charge in [0.25, 0.3) is 0 Å². The predicted octanol–water partition coefficient (Wildman–Crippen LogP) is 4.01. The van der Waals surface area contributed by atoms with Crippen LogP contribution in [-0.4, -0.2) is 13.7 Å². The van der Waals surface area contributed by atoms with Crippen LogP contribution in [0.25, 0.3) is 0 Å². The molecular weight excluding hydrogens is 222 g/mol. The predicted molar refractivity (Wildman–Crippen MR) is 78.3 cm³/mol. The lowest BCUT2D eigenvalue weighted by molar-refractivity contribution is 0.354. The smallest absolute Gasteiger partial charge is 0.126 e. The molecule has 2 unspecified atom stereocenters. The summed E-state index contributed by atoms with van der Waals surface area (Å²) in [5.74, 6) is 1.64. The van der Waals surface area contributed by atoms with Crippen LogP contribution in [-0.2, 0) is 0 Å². The maximum Gasteiger partial charge on any atom is 0.126 e. The van der Waals surface area contributed by atoms with E-state index < -0.39 is 0 Å². The molecule has 2 nitrogen and oxygen atoms in total. The molecule has 18 heavy (non-hydrogen) atoms. The van der Waals surface area contributed by atoms with Gasteiger partial charge >= 0.3 is 0 Å². The minimum atomic E-state index is 0.370. The van der Waals surface area contributed by atoms with Crippen molar-refractivity contribution in [3.63, 3.8) is 0 Å². The molecule has 0 bridgehead atoms. The number of hydrogen-bond donors (Lipinski definition) is 1. The van der Waals surface area contributed by atoms with Gasteiger partial charge in [0.1, 0.15) is 5.75 Å². The lowest BCUT2D eigenvalue weighted by Crippen LogP contribution is -2.27. The lowest BCUT2D eigenvalue weighted by Gasteiger charge is -2.27. The highest BCUT2D eigenvalue weighted by molar-refractivity contribution is 5.47. The van der Waals surface area contributed by atoms with E-state index in [1.807, 2.05) is 0 Å². The molecule has 1 aromatic rings. The van der Waals surface area contributed by atoms with Crippen molar-refractivity contribution < 1.29 is 4.74 Å². The normalized spacial score (nSPS) is 14.3. The van der Waals surface area contributed by atoms with Gasteiger partial charge in [0.15, 0.2) is 0 Å². The molecule has 1 rings (SSSR count). The van der Waals surface area contributed by atoms with Crippen LogP contribution in [0.4, 0.5) is 0 Å². The van der Waals surface area contributed by atoms with E-state index >= 15 is 0 Å². The molecule has 0 saturated carbocycles. The number of ether oxygens (including phenoxy) is 1. The molecule has 2 atom stereocenters. The number of rotatable bonds is 6. The van der Waals surface area contributed by atoms with Gasteiger partial charge in [0.05, 0.1) is 7.11 Å². The summed E-state index contributed by atoms with van der Waals surface area (Å²) in [7, 11) is 1.77. The topological polar surface area (TPSA) is 21.3 Å². The van der Waals surface area contributed by atoms with Crippen LogP contribution in [0.3, 0.4) is 0 Å². The number of aryl methyl sites for hydroxylation is 1. The van der Waals surface area contributed by atoms with E-state index in [0.29, 0.717) is 12.0 Å². The highest BCUT2D eigenvalue weighted by Crippen LogP contribution is 2.35. The van der Waals surface area contributed by atoms with Crippen molar-refractivity contribution in [2.75, 3.05) is 13.7 Å². The molecule has 0 aromatic heterocycles. The Balaban J connectivity index is 3.23. The van der Waals surface area contributed by atoms with Crippen molar-refractivity contribution >= 4 is 0 Å². The molecule has 0 amide bonds. The highest BCUT2D eigenvalue weighted by Gasteiger charge is 2.21. The summed E-state index contributed by atoms with van der Waals surface area (Å²) in [4.78, 5) is 0. The average molecular weight is 249 g/mol. The van der Waals surface area contributed by atoms with Crippen LogP contribution >= 0.6 is 0 Å². The Morgan fingerprint density at radius 2 is 1.89 bits per heavy atom. The van der Waals surface area contributed by atoms with Crippen LogP contribution in [0.2, 0.25) is 0 Å². The third-order valence-electron chi connectivity index (χ3n) is 3.88. The maximum atomic E-state index is 5.64. The van der Waals surface area contributed by atoms with Crippen molar-refractivity contribution in [2.45, 2.75) is 47.1 Å². The summed E-state index contributed by atoms with van der Waals surface area (Å²) in [6.45, 7) is 11.9. The zero-order valence-corrected chi connectivity index (χ0v) is 12.6. The van der Waals surface area contributed by atoms with Gasteiger partial charge in [-0.1, -0.05) is 39.3 Å². The van der Waals surface area contributed by atoms with E-state index in [1.54, 1.807) is 7.11 Å². The summed E-state index contributed by atoms with van der Waals surface area (Å²) < 4.78 is 5.64. The first kappa shape index (κ1) is 15.0. The Kier molecular flexibility index (Phi) is 5.67. The lowest BCUT2D eigenvalue weighted by atomic mass is 9.89. The fraction of sp³-hybridized carbons (Fsp3) is 0.625. The van der Waals surface area contributed by atoms with Gasteiger partial charge in [-0.25, -0.2) is 0 Å². The molecular formula is C16H27NO. The Labute approximate surface area is 112 Å². The molecule has 0 aliphatic rings. The zero-order valence-electron chi connectivity index (χ0n) is 12.6. The number of hydrogen-bond acceptors (Lipinski definition) is 2. The maximum absolute atomic E-state index is 5.64. The molecule has 0 heterocycles. The van der Waals surface area contributed by atoms with Gasteiger partial charge in [0, 0.05) is 11.6 Å². The van der Waals surface area contributed by atoms with Gasteiger partial charge in [0.2, 0.25) is 0 Å². The second kappa shape index (κ2) is 6.79.